The highest BCUT2D eigenvalue weighted by molar-refractivity contribution is 7.92. The molecule has 0 heterocycles. The number of sulfonamides is 1. The topological polar surface area (TPSA) is 86.8 Å². The molecule has 0 aliphatic heterocycles. The number of amides is 2. The molecular formula is C30H36FN3O4S. The van der Waals surface area contributed by atoms with E-state index in [9.17, 15) is 22.4 Å². The third-order valence-corrected chi connectivity index (χ3v) is 7.89. The van der Waals surface area contributed by atoms with E-state index in [1.54, 1.807) is 31.2 Å². The fraction of sp³-hybridized carbons (Fsp3) is 0.333. The van der Waals surface area contributed by atoms with E-state index in [4.69, 9.17) is 0 Å². The molecule has 3 aromatic carbocycles. The summed E-state index contributed by atoms with van der Waals surface area (Å²) in [5, 5.41) is 2.90. The van der Waals surface area contributed by atoms with Gasteiger partial charge in [-0.3, -0.25) is 13.9 Å². The van der Waals surface area contributed by atoms with Gasteiger partial charge in [0.25, 0.3) is 10.0 Å². The van der Waals surface area contributed by atoms with Crippen LogP contribution < -0.4 is 9.62 Å². The summed E-state index contributed by atoms with van der Waals surface area (Å²) in [6.45, 7) is 10.5. The number of anilines is 1. The van der Waals surface area contributed by atoms with Gasteiger partial charge in [0.15, 0.2) is 0 Å². The second-order valence-electron chi connectivity index (χ2n) is 10.7. The predicted octanol–water partition coefficient (Wildman–Crippen LogP) is 4.97. The number of benzene rings is 3. The number of carbonyl (C=O) groups is 2. The molecule has 1 N–H and O–H groups in total. The van der Waals surface area contributed by atoms with Gasteiger partial charge in [-0.25, -0.2) is 12.8 Å². The first-order valence-electron chi connectivity index (χ1n) is 12.7. The molecule has 9 heteroatoms. The lowest BCUT2D eigenvalue weighted by Crippen LogP contribution is -2.54. The normalized spacial score (nSPS) is 12.5. The average Bonchev–Trinajstić information content (AvgIpc) is 2.85. The minimum atomic E-state index is -4.25. The fourth-order valence-electron chi connectivity index (χ4n) is 4.04. The van der Waals surface area contributed by atoms with Gasteiger partial charge in [0.1, 0.15) is 18.4 Å². The first-order chi connectivity index (χ1) is 18.2. The van der Waals surface area contributed by atoms with E-state index in [2.05, 4.69) is 5.32 Å². The van der Waals surface area contributed by atoms with Crippen LogP contribution in [0.4, 0.5) is 10.1 Å². The number of aryl methyl sites for hydroxylation is 2. The summed E-state index contributed by atoms with van der Waals surface area (Å²) in [5.41, 5.74) is 2.47. The summed E-state index contributed by atoms with van der Waals surface area (Å²) in [6.07, 6.45) is 0. The van der Waals surface area contributed by atoms with Crippen molar-refractivity contribution in [2.24, 2.45) is 0 Å². The molecule has 0 saturated carbocycles. The lowest BCUT2D eigenvalue weighted by molar-refractivity contribution is -0.140. The summed E-state index contributed by atoms with van der Waals surface area (Å²) in [4.78, 5) is 28.3. The van der Waals surface area contributed by atoms with Gasteiger partial charge in [0.05, 0.1) is 10.6 Å². The number of nitrogens with one attached hydrogen (secondary N) is 1. The second kappa shape index (κ2) is 12.0. The third-order valence-electron chi connectivity index (χ3n) is 6.10. The molecule has 3 rings (SSSR count). The van der Waals surface area contributed by atoms with Crippen LogP contribution in [-0.2, 0) is 26.2 Å². The molecule has 39 heavy (non-hydrogen) atoms. The molecule has 7 nitrogen and oxygen atoms in total. The Morgan fingerprint density at radius 1 is 0.923 bits per heavy atom. The summed E-state index contributed by atoms with van der Waals surface area (Å²) >= 11 is 0. The van der Waals surface area contributed by atoms with Crippen LogP contribution in [0.25, 0.3) is 0 Å². The highest BCUT2D eigenvalue weighted by atomic mass is 32.2. The molecule has 1 atom stereocenters. The molecule has 0 aliphatic carbocycles. The lowest BCUT2D eigenvalue weighted by atomic mass is 10.1. The average molecular weight is 554 g/mol. The van der Waals surface area contributed by atoms with Crippen LogP contribution in [0.15, 0.2) is 77.7 Å². The zero-order chi connectivity index (χ0) is 29.0. The Hall–Kier alpha value is -3.72. The van der Waals surface area contributed by atoms with E-state index in [1.165, 1.54) is 17.0 Å². The molecule has 0 fully saturated rings. The fourth-order valence-corrected chi connectivity index (χ4v) is 5.45. The van der Waals surface area contributed by atoms with Crippen molar-refractivity contribution < 1.29 is 22.4 Å². The van der Waals surface area contributed by atoms with Crippen LogP contribution in [0.3, 0.4) is 0 Å². The van der Waals surface area contributed by atoms with E-state index < -0.39 is 39.9 Å². The summed E-state index contributed by atoms with van der Waals surface area (Å²) in [5.74, 6) is -1.49. The second-order valence-corrected chi connectivity index (χ2v) is 12.6. The van der Waals surface area contributed by atoms with Crippen molar-refractivity contribution in [2.75, 3.05) is 10.8 Å². The quantitative estimate of drug-likeness (QED) is 0.405. The first kappa shape index (κ1) is 29.8. The summed E-state index contributed by atoms with van der Waals surface area (Å²) in [7, 11) is -4.25. The monoisotopic (exact) mass is 553 g/mol. The minimum Gasteiger partial charge on any atom is -0.350 e. The number of carbonyl (C=O) groups excluding carboxylic acids is 2. The number of rotatable bonds is 9. The Balaban J connectivity index is 2.03. The molecule has 0 radical (unpaired) electrons. The molecule has 0 aromatic heterocycles. The Bertz CT molecular complexity index is 1420. The van der Waals surface area contributed by atoms with E-state index in [1.807, 2.05) is 58.9 Å². The van der Waals surface area contributed by atoms with Crippen molar-refractivity contribution in [2.45, 2.75) is 64.6 Å². The Morgan fingerprint density at radius 2 is 1.54 bits per heavy atom. The maximum Gasteiger partial charge on any atom is 0.264 e. The van der Waals surface area contributed by atoms with Gasteiger partial charge in [-0.2, -0.15) is 0 Å². The molecule has 3 aromatic rings. The van der Waals surface area contributed by atoms with Gasteiger partial charge in [0.2, 0.25) is 11.8 Å². The van der Waals surface area contributed by atoms with Gasteiger partial charge in [-0.05, 0) is 83.5 Å². The molecule has 208 valence electrons. The smallest absolute Gasteiger partial charge is 0.264 e. The Morgan fingerprint density at radius 3 is 2.10 bits per heavy atom. The molecule has 0 bridgehead atoms. The Labute approximate surface area is 230 Å². The van der Waals surface area contributed by atoms with Crippen LogP contribution in [0, 0.1) is 19.7 Å². The van der Waals surface area contributed by atoms with Crippen molar-refractivity contribution in [3.8, 4) is 0 Å². The maximum atomic E-state index is 13.9. The molecule has 0 aliphatic rings. The van der Waals surface area contributed by atoms with E-state index in [0.29, 0.717) is 0 Å². The molecule has 0 saturated heterocycles. The molecule has 2 amide bonds. The van der Waals surface area contributed by atoms with Crippen molar-refractivity contribution in [1.82, 2.24) is 10.2 Å². The Kier molecular flexibility index (Phi) is 9.17. The van der Waals surface area contributed by atoms with Crippen molar-refractivity contribution >= 4 is 27.5 Å². The highest BCUT2D eigenvalue weighted by Gasteiger charge is 2.33. The lowest BCUT2D eigenvalue weighted by Gasteiger charge is -2.33. The van der Waals surface area contributed by atoms with Gasteiger partial charge in [-0.1, -0.05) is 47.5 Å². The number of hydrogen-bond acceptors (Lipinski definition) is 4. The predicted molar refractivity (Wildman–Crippen MR) is 151 cm³/mol. The van der Waals surface area contributed by atoms with E-state index in [0.717, 1.165) is 33.1 Å². The molecule has 0 spiro atoms. The summed E-state index contributed by atoms with van der Waals surface area (Å²) < 4.78 is 42.0. The summed E-state index contributed by atoms with van der Waals surface area (Å²) in [6, 6.07) is 17.9. The van der Waals surface area contributed by atoms with E-state index in [-0.39, 0.29) is 23.0 Å². The van der Waals surface area contributed by atoms with Crippen LogP contribution in [0.2, 0.25) is 0 Å². The van der Waals surface area contributed by atoms with Gasteiger partial charge in [-0.15, -0.1) is 0 Å². The minimum absolute atomic E-state index is 0.109. The van der Waals surface area contributed by atoms with Crippen LogP contribution in [0.1, 0.15) is 44.4 Å². The van der Waals surface area contributed by atoms with Crippen LogP contribution in [-0.4, -0.2) is 43.3 Å². The van der Waals surface area contributed by atoms with Gasteiger partial charge >= 0.3 is 0 Å². The standard InChI is InChI=1S/C30H36FN3O4S/c1-21-10-14-26(15-11-21)34(39(37,38)27-16-12-25(31)13-17-27)20-28(35)33(19-24-9-7-8-22(2)18-24)23(3)29(36)32-30(4,5)6/h7-18,23H,19-20H2,1-6H3,(H,32,36)/t23-/m0/s1. The molecule has 0 unspecified atom stereocenters. The zero-order valence-electron chi connectivity index (χ0n) is 23.2. The van der Waals surface area contributed by atoms with Gasteiger partial charge in [0, 0.05) is 12.1 Å². The SMILES string of the molecule is Cc1ccc(N(CC(=O)N(Cc2cccc(C)c2)[C@@H](C)C(=O)NC(C)(C)C)S(=O)(=O)c2ccc(F)cc2)cc1. The highest BCUT2D eigenvalue weighted by Crippen LogP contribution is 2.25. The number of nitrogens with zero attached hydrogens (tertiary/aromatic N) is 2. The number of hydrogen-bond donors (Lipinski definition) is 1. The third kappa shape index (κ3) is 7.89. The van der Waals surface area contributed by atoms with Gasteiger partial charge < -0.3 is 10.2 Å². The molecular weight excluding hydrogens is 517 g/mol. The van der Waals surface area contributed by atoms with Crippen LogP contribution >= 0.6 is 0 Å². The van der Waals surface area contributed by atoms with Crippen molar-refractivity contribution in [3.05, 3.63) is 95.3 Å². The first-order valence-corrected chi connectivity index (χ1v) is 14.1. The van der Waals surface area contributed by atoms with Crippen molar-refractivity contribution in [1.29, 1.82) is 0 Å². The van der Waals surface area contributed by atoms with Crippen molar-refractivity contribution in [3.63, 3.8) is 0 Å². The van der Waals surface area contributed by atoms with E-state index >= 15 is 0 Å². The number of halogens is 1. The largest absolute Gasteiger partial charge is 0.350 e. The maximum absolute atomic E-state index is 13.9. The van der Waals surface area contributed by atoms with Crippen LogP contribution in [0.5, 0.6) is 0 Å². The zero-order valence-corrected chi connectivity index (χ0v) is 24.0.